The third kappa shape index (κ3) is 4.13. The number of carbonyl (C=O) groups excluding carboxylic acids is 2. The molecule has 1 atom stereocenters. The van der Waals surface area contributed by atoms with Crippen LogP contribution in [0.5, 0.6) is 0 Å². The summed E-state index contributed by atoms with van der Waals surface area (Å²) in [5.41, 5.74) is 14.5. The molecule has 0 aliphatic rings. The molecule has 3 rings (SSSR count). The minimum Gasteiger partial charge on any atom is -0.368 e. The molecule has 152 valence electrons. The lowest BCUT2D eigenvalue weighted by atomic mass is 10.0. The molecule has 0 aliphatic heterocycles. The van der Waals surface area contributed by atoms with Gasteiger partial charge in [0.15, 0.2) is 5.16 Å². The fourth-order valence-corrected chi connectivity index (χ4v) is 4.56. The second-order valence-corrected chi connectivity index (χ2v) is 8.07. The van der Waals surface area contributed by atoms with Gasteiger partial charge in [0, 0.05) is 10.9 Å². The number of rotatable bonds is 7. The lowest BCUT2D eigenvalue weighted by Crippen LogP contribution is -2.27. The number of carbonyl (C=O) groups is 2. The van der Waals surface area contributed by atoms with Crippen molar-refractivity contribution in [3.8, 4) is 11.1 Å². The van der Waals surface area contributed by atoms with E-state index in [1.807, 2.05) is 49.7 Å². The molecule has 0 fully saturated rings. The van der Waals surface area contributed by atoms with Crippen LogP contribution < -0.4 is 16.8 Å². The highest BCUT2D eigenvalue weighted by Crippen LogP contribution is 2.36. The number of anilines is 2. The number of hydrogen-bond acceptors (Lipinski definition) is 7. The van der Waals surface area contributed by atoms with Gasteiger partial charge in [-0.1, -0.05) is 48.5 Å². The number of thioether (sulfide) groups is 1. The van der Waals surface area contributed by atoms with Crippen LogP contribution in [0.25, 0.3) is 11.1 Å². The smallest absolute Gasteiger partial charge is 0.252 e. The van der Waals surface area contributed by atoms with E-state index in [9.17, 15) is 9.59 Å². The molecule has 0 bridgehead atoms. The van der Waals surface area contributed by atoms with Crippen molar-refractivity contribution in [3.63, 3.8) is 0 Å². The second kappa shape index (κ2) is 8.66. The van der Waals surface area contributed by atoms with Crippen molar-refractivity contribution >= 4 is 45.9 Å². The van der Waals surface area contributed by atoms with Crippen molar-refractivity contribution < 1.29 is 9.59 Å². The van der Waals surface area contributed by atoms with Crippen LogP contribution in [0.1, 0.15) is 35.3 Å². The number of nitrogens with zero attached hydrogens (tertiary/aromatic N) is 3. The van der Waals surface area contributed by atoms with Crippen molar-refractivity contribution in [1.82, 2.24) is 14.8 Å². The Morgan fingerprint density at radius 3 is 2.55 bits per heavy atom. The highest BCUT2D eigenvalue weighted by molar-refractivity contribution is 7.98. The Hall–Kier alpha value is -2.85. The molecule has 29 heavy (non-hydrogen) atoms. The van der Waals surface area contributed by atoms with E-state index in [0.29, 0.717) is 27.7 Å². The number of aromatic nitrogens is 3. The number of primary amides is 1. The molecule has 8 nitrogen and oxygen atoms in total. The molecule has 0 saturated heterocycles. The standard InChI is InChI=1S/C19H22N6O2S2/c1-4-13(25-18(21)23-24-19(25)28-3)16(27)22-17-14(15(20)26)12(9-29-17)11-7-5-10(2)6-8-11/h5-9,13H,4H2,1-3H3,(H2,20,26)(H2,21,23)(H,22,27). The normalized spacial score (nSPS) is 12.0. The van der Waals surface area contributed by atoms with E-state index >= 15 is 0 Å². The SMILES string of the molecule is CCC(C(=O)Nc1scc(-c2ccc(C)cc2)c1C(N)=O)n1c(N)nnc1SC. The zero-order valence-electron chi connectivity index (χ0n) is 16.3. The number of nitrogens with one attached hydrogen (secondary N) is 1. The highest BCUT2D eigenvalue weighted by Gasteiger charge is 2.27. The summed E-state index contributed by atoms with van der Waals surface area (Å²) in [6.45, 7) is 3.86. The first-order valence-electron chi connectivity index (χ1n) is 8.90. The number of nitrogen functional groups attached to an aromatic ring is 1. The molecule has 0 aliphatic carbocycles. The average Bonchev–Trinajstić information content (AvgIpc) is 3.27. The first-order chi connectivity index (χ1) is 13.9. The topological polar surface area (TPSA) is 129 Å². The Morgan fingerprint density at radius 2 is 1.97 bits per heavy atom. The predicted octanol–water partition coefficient (Wildman–Crippen LogP) is 3.31. The number of aryl methyl sites for hydroxylation is 1. The third-order valence-corrected chi connectivity index (χ3v) is 6.05. The molecule has 1 aromatic carbocycles. The van der Waals surface area contributed by atoms with E-state index in [4.69, 9.17) is 11.5 Å². The summed E-state index contributed by atoms with van der Waals surface area (Å²) in [7, 11) is 0. The summed E-state index contributed by atoms with van der Waals surface area (Å²) in [4.78, 5) is 25.2. The summed E-state index contributed by atoms with van der Waals surface area (Å²) < 4.78 is 1.60. The van der Waals surface area contributed by atoms with E-state index in [1.54, 1.807) is 4.57 Å². The number of hydrogen-bond donors (Lipinski definition) is 3. The highest BCUT2D eigenvalue weighted by atomic mass is 32.2. The maximum Gasteiger partial charge on any atom is 0.252 e. The maximum absolute atomic E-state index is 13.0. The van der Waals surface area contributed by atoms with Gasteiger partial charge >= 0.3 is 0 Å². The van der Waals surface area contributed by atoms with E-state index < -0.39 is 11.9 Å². The van der Waals surface area contributed by atoms with Crippen LogP contribution in [-0.4, -0.2) is 32.8 Å². The summed E-state index contributed by atoms with van der Waals surface area (Å²) in [5.74, 6) is -0.745. The Kier molecular flexibility index (Phi) is 6.23. The van der Waals surface area contributed by atoms with Crippen LogP contribution in [0.2, 0.25) is 0 Å². The first kappa shape index (κ1) is 20.9. The molecule has 1 unspecified atom stereocenters. The van der Waals surface area contributed by atoms with Crippen molar-refractivity contribution in [3.05, 3.63) is 40.8 Å². The number of amides is 2. The largest absolute Gasteiger partial charge is 0.368 e. The monoisotopic (exact) mass is 430 g/mol. The van der Waals surface area contributed by atoms with E-state index in [1.165, 1.54) is 23.1 Å². The van der Waals surface area contributed by atoms with E-state index in [2.05, 4.69) is 15.5 Å². The molecule has 5 N–H and O–H groups in total. The Morgan fingerprint density at radius 1 is 1.28 bits per heavy atom. The summed E-state index contributed by atoms with van der Waals surface area (Å²) >= 11 is 2.61. The maximum atomic E-state index is 13.0. The van der Waals surface area contributed by atoms with Crippen LogP contribution in [0, 0.1) is 6.92 Å². The second-order valence-electron chi connectivity index (χ2n) is 6.41. The predicted molar refractivity (Wildman–Crippen MR) is 117 cm³/mol. The Bertz CT molecular complexity index is 1040. The zero-order chi connectivity index (χ0) is 21.1. The number of nitrogens with two attached hydrogens (primary N) is 2. The molecule has 2 aromatic heterocycles. The molecular formula is C19H22N6O2S2. The lowest BCUT2D eigenvalue weighted by Gasteiger charge is -2.18. The Labute approximate surface area is 176 Å². The fraction of sp³-hybridized carbons (Fsp3) is 0.263. The van der Waals surface area contributed by atoms with Crippen LogP contribution in [0.3, 0.4) is 0 Å². The van der Waals surface area contributed by atoms with Gasteiger partial charge in [-0.2, -0.15) is 0 Å². The summed E-state index contributed by atoms with van der Waals surface area (Å²) in [6, 6.07) is 7.15. The van der Waals surface area contributed by atoms with Crippen LogP contribution in [-0.2, 0) is 4.79 Å². The van der Waals surface area contributed by atoms with Crippen molar-refractivity contribution in [1.29, 1.82) is 0 Å². The Balaban J connectivity index is 1.95. The van der Waals surface area contributed by atoms with Gasteiger partial charge in [0.05, 0.1) is 5.56 Å². The lowest BCUT2D eigenvalue weighted by molar-refractivity contribution is -0.119. The van der Waals surface area contributed by atoms with Gasteiger partial charge < -0.3 is 16.8 Å². The number of thiophene rings is 1. The molecule has 0 spiro atoms. The fourth-order valence-electron chi connectivity index (χ4n) is 3.04. The van der Waals surface area contributed by atoms with Crippen molar-refractivity contribution in [2.24, 2.45) is 5.73 Å². The summed E-state index contributed by atoms with van der Waals surface area (Å²) in [5, 5.41) is 13.5. The molecule has 0 radical (unpaired) electrons. The molecular weight excluding hydrogens is 408 g/mol. The van der Waals surface area contributed by atoms with E-state index in [-0.39, 0.29) is 11.9 Å². The van der Waals surface area contributed by atoms with Gasteiger partial charge in [-0.25, -0.2) is 0 Å². The van der Waals surface area contributed by atoms with Crippen LogP contribution in [0.4, 0.5) is 10.9 Å². The average molecular weight is 431 g/mol. The van der Waals surface area contributed by atoms with E-state index in [0.717, 1.165) is 11.1 Å². The van der Waals surface area contributed by atoms with Gasteiger partial charge in [0.1, 0.15) is 11.0 Å². The van der Waals surface area contributed by atoms with Crippen LogP contribution >= 0.6 is 23.1 Å². The molecule has 2 heterocycles. The van der Waals surface area contributed by atoms with Gasteiger partial charge in [-0.15, -0.1) is 21.5 Å². The number of benzene rings is 1. The minimum atomic E-state index is -0.613. The molecule has 2 amide bonds. The molecule has 10 heteroatoms. The van der Waals surface area contributed by atoms with Crippen LogP contribution in [0.15, 0.2) is 34.8 Å². The third-order valence-electron chi connectivity index (χ3n) is 4.51. The quantitative estimate of drug-likeness (QED) is 0.493. The van der Waals surface area contributed by atoms with Crippen molar-refractivity contribution in [2.45, 2.75) is 31.5 Å². The van der Waals surface area contributed by atoms with Gasteiger partial charge in [-0.05, 0) is 25.2 Å². The summed E-state index contributed by atoms with van der Waals surface area (Å²) in [6.07, 6.45) is 2.31. The van der Waals surface area contributed by atoms with Gasteiger partial charge in [0.25, 0.3) is 5.91 Å². The van der Waals surface area contributed by atoms with Gasteiger partial charge in [-0.3, -0.25) is 14.2 Å². The zero-order valence-corrected chi connectivity index (χ0v) is 17.9. The molecule has 3 aromatic rings. The van der Waals surface area contributed by atoms with Gasteiger partial charge in [0.2, 0.25) is 11.9 Å². The van der Waals surface area contributed by atoms with Crippen molar-refractivity contribution in [2.75, 3.05) is 17.3 Å². The minimum absolute atomic E-state index is 0.165. The first-order valence-corrected chi connectivity index (χ1v) is 11.0. The molecule has 0 saturated carbocycles.